The predicted octanol–water partition coefficient (Wildman–Crippen LogP) is 0.863. The summed E-state index contributed by atoms with van der Waals surface area (Å²) in [6, 6.07) is 3.20. The second kappa shape index (κ2) is 6.55. The van der Waals surface area contributed by atoms with Gasteiger partial charge < -0.3 is 24.6 Å². The van der Waals surface area contributed by atoms with Crippen LogP contribution < -0.4 is 10.8 Å². The Kier molecular flexibility index (Phi) is 4.70. The van der Waals surface area contributed by atoms with Crippen molar-refractivity contribution in [1.29, 1.82) is 0 Å². The number of nitrogens with one attached hydrogen (secondary N) is 1. The average Bonchev–Trinajstić information content (AvgIpc) is 3.10. The van der Waals surface area contributed by atoms with Crippen molar-refractivity contribution in [3.05, 3.63) is 24.0 Å². The molecule has 1 atom stereocenters. The van der Waals surface area contributed by atoms with Gasteiger partial charge in [0.05, 0.1) is 11.2 Å². The van der Waals surface area contributed by atoms with E-state index >= 15 is 0 Å². The Balaban J connectivity index is 1.61. The number of rotatable bonds is 3. The molecule has 2 saturated heterocycles. The summed E-state index contributed by atoms with van der Waals surface area (Å²) in [5.41, 5.74) is 0.149. The third kappa shape index (κ3) is 3.54. The zero-order valence-electron chi connectivity index (χ0n) is 15.5. The van der Waals surface area contributed by atoms with Gasteiger partial charge in [0.25, 0.3) is 5.91 Å². The van der Waals surface area contributed by atoms with Gasteiger partial charge in [-0.05, 0) is 40.2 Å². The van der Waals surface area contributed by atoms with Crippen molar-refractivity contribution in [2.24, 2.45) is 0 Å². The SMILES string of the molecule is CC1(C)OB(c2ccc(C(=O)NC3CCN(C(=O)O)C3)nc2)OC1(C)C. The van der Waals surface area contributed by atoms with E-state index in [-0.39, 0.29) is 17.6 Å². The van der Waals surface area contributed by atoms with Crippen LogP contribution in [0.4, 0.5) is 4.79 Å². The molecule has 2 aliphatic rings. The fourth-order valence-electron chi connectivity index (χ4n) is 2.97. The van der Waals surface area contributed by atoms with Crippen LogP contribution in [0.1, 0.15) is 44.6 Å². The number of carboxylic acid groups (broad SMARTS) is 1. The van der Waals surface area contributed by atoms with E-state index in [2.05, 4.69) is 10.3 Å². The molecule has 1 unspecified atom stereocenters. The molecule has 26 heavy (non-hydrogen) atoms. The van der Waals surface area contributed by atoms with Crippen LogP contribution in [0.15, 0.2) is 18.3 Å². The minimum absolute atomic E-state index is 0.192. The highest BCUT2D eigenvalue weighted by Gasteiger charge is 2.51. The molecule has 0 aliphatic carbocycles. The van der Waals surface area contributed by atoms with E-state index in [1.165, 1.54) is 4.90 Å². The summed E-state index contributed by atoms with van der Waals surface area (Å²) in [7, 11) is -0.524. The van der Waals surface area contributed by atoms with Gasteiger partial charge in [-0.25, -0.2) is 4.79 Å². The van der Waals surface area contributed by atoms with Crippen LogP contribution in [0.5, 0.6) is 0 Å². The first-order chi connectivity index (χ1) is 12.1. The number of amides is 2. The van der Waals surface area contributed by atoms with Gasteiger partial charge in [0.15, 0.2) is 0 Å². The lowest BCUT2D eigenvalue weighted by molar-refractivity contribution is 0.00578. The zero-order valence-corrected chi connectivity index (χ0v) is 15.5. The van der Waals surface area contributed by atoms with Gasteiger partial charge in [-0.3, -0.25) is 9.78 Å². The Bertz CT molecular complexity index is 691. The number of carbonyl (C=O) groups excluding carboxylic acids is 1. The van der Waals surface area contributed by atoms with Crippen molar-refractivity contribution < 1.29 is 24.0 Å². The maximum atomic E-state index is 12.3. The number of aromatic nitrogens is 1. The molecule has 0 radical (unpaired) electrons. The summed E-state index contributed by atoms with van der Waals surface area (Å²) in [6.07, 6.45) is 1.21. The molecule has 3 heterocycles. The van der Waals surface area contributed by atoms with Gasteiger partial charge in [-0.15, -0.1) is 0 Å². The van der Waals surface area contributed by atoms with Crippen LogP contribution in [0.2, 0.25) is 0 Å². The Hall–Kier alpha value is -2.13. The zero-order chi connectivity index (χ0) is 19.1. The molecule has 0 spiro atoms. The molecule has 3 rings (SSSR count). The first kappa shape index (κ1) is 18.7. The number of hydrogen-bond acceptors (Lipinski definition) is 5. The third-order valence-electron chi connectivity index (χ3n) is 5.34. The van der Waals surface area contributed by atoms with Crippen molar-refractivity contribution in [3.8, 4) is 0 Å². The van der Waals surface area contributed by atoms with Gasteiger partial charge in [0.2, 0.25) is 0 Å². The molecule has 2 amide bonds. The van der Waals surface area contributed by atoms with Gasteiger partial charge in [-0.1, -0.05) is 6.07 Å². The van der Waals surface area contributed by atoms with Gasteiger partial charge >= 0.3 is 13.2 Å². The van der Waals surface area contributed by atoms with E-state index in [1.807, 2.05) is 27.7 Å². The Labute approximate surface area is 153 Å². The number of nitrogens with zero attached hydrogens (tertiary/aromatic N) is 2. The van der Waals surface area contributed by atoms with E-state index < -0.39 is 24.4 Å². The van der Waals surface area contributed by atoms with Crippen LogP contribution in [-0.2, 0) is 9.31 Å². The molecule has 140 valence electrons. The lowest BCUT2D eigenvalue weighted by Crippen LogP contribution is -2.41. The predicted molar refractivity (Wildman–Crippen MR) is 95.4 cm³/mol. The summed E-state index contributed by atoms with van der Waals surface area (Å²) in [5, 5.41) is 11.8. The van der Waals surface area contributed by atoms with Gasteiger partial charge in [0, 0.05) is 30.8 Å². The van der Waals surface area contributed by atoms with E-state index in [0.717, 1.165) is 5.46 Å². The summed E-state index contributed by atoms with van der Waals surface area (Å²) in [6.45, 7) is 8.63. The van der Waals surface area contributed by atoms with E-state index in [9.17, 15) is 9.59 Å². The number of pyridine rings is 1. The highest BCUT2D eigenvalue weighted by molar-refractivity contribution is 6.62. The molecule has 8 nitrogen and oxygen atoms in total. The van der Waals surface area contributed by atoms with Gasteiger partial charge in [-0.2, -0.15) is 0 Å². The minimum atomic E-state index is -0.966. The van der Waals surface area contributed by atoms with E-state index in [0.29, 0.717) is 19.5 Å². The highest BCUT2D eigenvalue weighted by atomic mass is 16.7. The quantitative estimate of drug-likeness (QED) is 0.775. The first-order valence-corrected chi connectivity index (χ1v) is 8.69. The number of carbonyl (C=O) groups is 2. The van der Waals surface area contributed by atoms with Crippen LogP contribution in [0.25, 0.3) is 0 Å². The number of likely N-dealkylation sites (tertiary alicyclic amines) is 1. The molecule has 1 aromatic rings. The largest absolute Gasteiger partial charge is 0.496 e. The molecular formula is C17H24BN3O5. The summed E-state index contributed by atoms with van der Waals surface area (Å²) >= 11 is 0. The average molecular weight is 361 g/mol. The maximum absolute atomic E-state index is 12.3. The molecule has 0 saturated carbocycles. The van der Waals surface area contributed by atoms with Gasteiger partial charge in [0.1, 0.15) is 5.69 Å². The fourth-order valence-corrected chi connectivity index (χ4v) is 2.97. The molecule has 1 aromatic heterocycles. The Morgan fingerprint density at radius 1 is 1.27 bits per heavy atom. The highest BCUT2D eigenvalue weighted by Crippen LogP contribution is 2.36. The topological polar surface area (TPSA) is 101 Å². The Morgan fingerprint density at radius 2 is 1.92 bits per heavy atom. The molecule has 2 N–H and O–H groups in total. The number of hydrogen-bond donors (Lipinski definition) is 2. The summed E-state index contributed by atoms with van der Waals surface area (Å²) < 4.78 is 11.9. The van der Waals surface area contributed by atoms with Crippen molar-refractivity contribution in [2.75, 3.05) is 13.1 Å². The summed E-state index contributed by atoms with van der Waals surface area (Å²) in [4.78, 5) is 28.8. The normalized spacial score (nSPS) is 23.9. The third-order valence-corrected chi connectivity index (χ3v) is 5.34. The standard InChI is InChI=1S/C17H24BN3O5/c1-16(2)17(3,4)26-18(25-16)11-5-6-13(19-9-11)14(22)20-12-7-8-21(10-12)15(23)24/h5-6,9,12H,7-8,10H2,1-4H3,(H,20,22)(H,23,24). The molecule has 0 bridgehead atoms. The molecule has 2 aliphatic heterocycles. The second-order valence-corrected chi connectivity index (χ2v) is 7.75. The first-order valence-electron chi connectivity index (χ1n) is 8.69. The van der Waals surface area contributed by atoms with Crippen LogP contribution in [0.3, 0.4) is 0 Å². The summed E-state index contributed by atoms with van der Waals surface area (Å²) in [5.74, 6) is -0.317. The monoisotopic (exact) mass is 361 g/mol. The van der Waals surface area contributed by atoms with Crippen molar-refractivity contribution in [1.82, 2.24) is 15.2 Å². The smallest absolute Gasteiger partial charge is 0.465 e. The van der Waals surface area contributed by atoms with Crippen LogP contribution >= 0.6 is 0 Å². The minimum Gasteiger partial charge on any atom is -0.465 e. The molecule has 9 heteroatoms. The maximum Gasteiger partial charge on any atom is 0.496 e. The van der Waals surface area contributed by atoms with Crippen LogP contribution in [-0.4, -0.2) is 64.4 Å². The fraction of sp³-hybridized carbons (Fsp3) is 0.588. The van der Waals surface area contributed by atoms with Crippen molar-refractivity contribution >= 4 is 24.6 Å². The molecule has 0 aromatic carbocycles. The molecular weight excluding hydrogens is 337 g/mol. The lowest BCUT2D eigenvalue weighted by atomic mass is 9.80. The van der Waals surface area contributed by atoms with Crippen molar-refractivity contribution in [3.63, 3.8) is 0 Å². The van der Waals surface area contributed by atoms with E-state index in [4.69, 9.17) is 14.4 Å². The van der Waals surface area contributed by atoms with Crippen molar-refractivity contribution in [2.45, 2.75) is 51.4 Å². The van der Waals surface area contributed by atoms with Crippen LogP contribution in [0, 0.1) is 0 Å². The molecule has 2 fully saturated rings. The van der Waals surface area contributed by atoms with E-state index in [1.54, 1.807) is 18.3 Å². The lowest BCUT2D eigenvalue weighted by Gasteiger charge is -2.32. The Morgan fingerprint density at radius 3 is 2.42 bits per heavy atom. The second-order valence-electron chi connectivity index (χ2n) is 7.75.